The fourth-order valence-corrected chi connectivity index (χ4v) is 3.77. The third-order valence-electron chi connectivity index (χ3n) is 5.75. The van der Waals surface area contributed by atoms with Crippen molar-refractivity contribution in [3.63, 3.8) is 0 Å². The second-order valence-electron chi connectivity index (χ2n) is 8.62. The van der Waals surface area contributed by atoms with Crippen molar-refractivity contribution in [1.29, 1.82) is 0 Å². The molecule has 4 rings (SSSR count). The SMILES string of the molecule is CCCCCn1ccc2cc(-c3cc(N)c(C(F)(F)F)cn3)c(F)cc2c1=O.Nc1cn[nH]c(=O)c1C(F)(F)F. The van der Waals surface area contributed by atoms with Crippen LogP contribution in [0.2, 0.25) is 0 Å². The van der Waals surface area contributed by atoms with Crippen LogP contribution in [0, 0.1) is 5.82 Å². The maximum absolute atomic E-state index is 14.6. The van der Waals surface area contributed by atoms with Gasteiger partial charge >= 0.3 is 12.4 Å². The first-order valence-corrected chi connectivity index (χ1v) is 11.7. The molecular weight excluding hydrogens is 549 g/mol. The van der Waals surface area contributed by atoms with Crippen LogP contribution in [0.5, 0.6) is 0 Å². The number of aryl methyl sites for hydroxylation is 1. The van der Waals surface area contributed by atoms with Gasteiger partial charge in [-0.1, -0.05) is 19.8 Å². The van der Waals surface area contributed by atoms with Gasteiger partial charge in [-0.15, -0.1) is 0 Å². The highest BCUT2D eigenvalue weighted by molar-refractivity contribution is 5.86. The van der Waals surface area contributed by atoms with Gasteiger partial charge in [0.1, 0.15) is 11.4 Å². The molecule has 0 aliphatic carbocycles. The largest absolute Gasteiger partial charge is 0.423 e. The van der Waals surface area contributed by atoms with Crippen molar-refractivity contribution < 1.29 is 30.7 Å². The Balaban J connectivity index is 0.000000307. The number of nitrogens with zero attached hydrogens (tertiary/aromatic N) is 3. The molecule has 3 heterocycles. The topological polar surface area (TPSA) is 133 Å². The number of H-pyrrole nitrogens is 1. The van der Waals surface area contributed by atoms with E-state index in [1.807, 2.05) is 0 Å². The number of aromatic nitrogens is 4. The zero-order valence-electron chi connectivity index (χ0n) is 20.8. The highest BCUT2D eigenvalue weighted by atomic mass is 19.4. The number of halogens is 7. The van der Waals surface area contributed by atoms with Crippen molar-refractivity contribution in [2.45, 2.75) is 45.1 Å². The maximum Gasteiger partial charge on any atom is 0.423 e. The Hall–Kier alpha value is -4.43. The van der Waals surface area contributed by atoms with E-state index in [0.29, 0.717) is 18.1 Å². The first-order valence-electron chi connectivity index (χ1n) is 11.7. The monoisotopic (exact) mass is 572 g/mol. The highest BCUT2D eigenvalue weighted by Crippen LogP contribution is 2.35. The summed E-state index contributed by atoms with van der Waals surface area (Å²) in [5.74, 6) is -0.748. The Morgan fingerprint density at radius 3 is 2.20 bits per heavy atom. The van der Waals surface area contributed by atoms with Crippen LogP contribution in [-0.4, -0.2) is 19.7 Å². The summed E-state index contributed by atoms with van der Waals surface area (Å²) < 4.78 is 90.6. The first kappa shape index (κ1) is 30.1. The molecule has 0 unspecified atom stereocenters. The number of hydrogen-bond donors (Lipinski definition) is 3. The van der Waals surface area contributed by atoms with Gasteiger partial charge < -0.3 is 16.0 Å². The minimum Gasteiger partial charge on any atom is -0.398 e. The summed E-state index contributed by atoms with van der Waals surface area (Å²) in [6, 6.07) is 5.16. The molecule has 40 heavy (non-hydrogen) atoms. The molecule has 4 aromatic rings. The quantitative estimate of drug-likeness (QED) is 0.218. The number of anilines is 2. The Morgan fingerprint density at radius 1 is 0.950 bits per heavy atom. The Labute approximate surface area is 221 Å². The molecular formula is C25H23F7N6O2. The summed E-state index contributed by atoms with van der Waals surface area (Å²) in [5, 5.41) is 5.43. The summed E-state index contributed by atoms with van der Waals surface area (Å²) >= 11 is 0. The molecule has 0 aliphatic heterocycles. The molecule has 1 aromatic carbocycles. The standard InChI is InChI=1S/C20H19F4N3O.C5H4F3N3O/c1-2-3-4-6-27-7-5-12-8-14(16(21)9-13(12)19(27)28)18-10-17(25)15(11-26-18)20(22,23)24;6-5(7,8)3-2(9)1-10-11-4(3)12/h5,7-11H,2-4,6H2,1H3,(H2,25,26);1H,(H3,9,11,12). The molecule has 0 fully saturated rings. The van der Waals surface area contributed by atoms with E-state index < -0.39 is 46.2 Å². The molecule has 15 heteroatoms. The number of benzene rings is 1. The van der Waals surface area contributed by atoms with Crippen molar-refractivity contribution in [2.24, 2.45) is 0 Å². The van der Waals surface area contributed by atoms with Crippen molar-refractivity contribution in [1.82, 2.24) is 19.7 Å². The lowest BCUT2D eigenvalue weighted by molar-refractivity contribution is -0.138. The number of rotatable bonds is 5. The third-order valence-corrected chi connectivity index (χ3v) is 5.75. The number of alkyl halides is 6. The van der Waals surface area contributed by atoms with Gasteiger partial charge in [0.15, 0.2) is 0 Å². The Bertz CT molecular complexity index is 1630. The second-order valence-corrected chi connectivity index (χ2v) is 8.62. The number of unbranched alkanes of at least 4 members (excludes halogenated alkanes) is 2. The van der Waals surface area contributed by atoms with Crippen LogP contribution in [0.1, 0.15) is 37.3 Å². The number of pyridine rings is 2. The van der Waals surface area contributed by atoms with E-state index in [2.05, 4.69) is 17.0 Å². The van der Waals surface area contributed by atoms with Crippen LogP contribution >= 0.6 is 0 Å². The Morgan fingerprint density at radius 2 is 1.65 bits per heavy atom. The number of nitrogens with one attached hydrogen (secondary N) is 1. The van der Waals surface area contributed by atoms with E-state index in [-0.39, 0.29) is 22.2 Å². The van der Waals surface area contributed by atoms with Crippen LogP contribution in [0.3, 0.4) is 0 Å². The average Bonchev–Trinajstić information content (AvgIpc) is 2.84. The van der Waals surface area contributed by atoms with Crippen LogP contribution in [0.25, 0.3) is 22.0 Å². The van der Waals surface area contributed by atoms with E-state index in [9.17, 15) is 40.3 Å². The molecule has 214 valence electrons. The smallest absolute Gasteiger partial charge is 0.398 e. The van der Waals surface area contributed by atoms with Crippen molar-refractivity contribution in [3.05, 3.63) is 80.5 Å². The van der Waals surface area contributed by atoms with Gasteiger partial charge in [-0.05, 0) is 36.1 Å². The first-order chi connectivity index (χ1) is 18.6. The van der Waals surface area contributed by atoms with E-state index in [0.717, 1.165) is 37.6 Å². The third kappa shape index (κ3) is 6.76. The van der Waals surface area contributed by atoms with Crippen LogP contribution < -0.4 is 22.6 Å². The molecule has 0 bridgehead atoms. The van der Waals surface area contributed by atoms with E-state index in [1.165, 1.54) is 10.6 Å². The van der Waals surface area contributed by atoms with Crippen molar-refractivity contribution in [2.75, 3.05) is 11.5 Å². The lowest BCUT2D eigenvalue weighted by atomic mass is 10.0. The molecule has 3 aromatic heterocycles. The number of hydrogen-bond acceptors (Lipinski definition) is 6. The predicted molar refractivity (Wildman–Crippen MR) is 135 cm³/mol. The van der Waals surface area contributed by atoms with Gasteiger partial charge in [0.2, 0.25) is 0 Å². The van der Waals surface area contributed by atoms with Gasteiger partial charge in [-0.3, -0.25) is 14.6 Å². The fraction of sp³-hybridized carbons (Fsp3) is 0.280. The molecule has 0 amide bonds. The molecule has 0 atom stereocenters. The summed E-state index contributed by atoms with van der Waals surface area (Å²) in [7, 11) is 0. The summed E-state index contributed by atoms with van der Waals surface area (Å²) in [6.45, 7) is 2.60. The van der Waals surface area contributed by atoms with E-state index in [1.54, 1.807) is 17.4 Å². The van der Waals surface area contributed by atoms with E-state index >= 15 is 0 Å². The van der Waals surface area contributed by atoms with Gasteiger partial charge in [0.05, 0.1) is 28.5 Å². The Kier molecular flexibility index (Phi) is 8.85. The van der Waals surface area contributed by atoms with Crippen molar-refractivity contribution >= 4 is 22.1 Å². The van der Waals surface area contributed by atoms with Crippen LogP contribution in [-0.2, 0) is 18.9 Å². The summed E-state index contributed by atoms with van der Waals surface area (Å²) in [6.07, 6.45) is -3.57. The van der Waals surface area contributed by atoms with Gasteiger partial charge in [0.25, 0.3) is 11.1 Å². The number of fused-ring (bicyclic) bond motifs is 1. The van der Waals surface area contributed by atoms with Gasteiger partial charge in [-0.25, -0.2) is 9.49 Å². The maximum atomic E-state index is 14.6. The molecule has 5 N–H and O–H groups in total. The second kappa shape index (κ2) is 11.8. The minimum atomic E-state index is -4.74. The van der Waals surface area contributed by atoms with Gasteiger partial charge in [-0.2, -0.15) is 31.4 Å². The minimum absolute atomic E-state index is 0.0175. The number of aromatic amines is 1. The van der Waals surface area contributed by atoms with E-state index in [4.69, 9.17) is 11.5 Å². The molecule has 8 nitrogen and oxygen atoms in total. The zero-order chi connectivity index (χ0) is 29.8. The molecule has 0 aliphatic rings. The molecule has 0 saturated heterocycles. The van der Waals surface area contributed by atoms with Crippen LogP contribution in [0.4, 0.5) is 42.1 Å². The number of nitrogen functional groups attached to an aromatic ring is 2. The lowest BCUT2D eigenvalue weighted by Gasteiger charge is -2.12. The van der Waals surface area contributed by atoms with Crippen LogP contribution in [0.15, 0.2) is 52.4 Å². The molecule has 0 radical (unpaired) electrons. The molecule has 0 spiro atoms. The molecule has 0 saturated carbocycles. The zero-order valence-corrected chi connectivity index (χ0v) is 20.8. The highest BCUT2D eigenvalue weighted by Gasteiger charge is 2.36. The summed E-state index contributed by atoms with van der Waals surface area (Å²) in [4.78, 5) is 26.8. The fourth-order valence-electron chi connectivity index (χ4n) is 3.77. The van der Waals surface area contributed by atoms with Gasteiger partial charge in [0, 0.05) is 30.2 Å². The predicted octanol–water partition coefficient (Wildman–Crippen LogP) is 5.36. The lowest BCUT2D eigenvalue weighted by Crippen LogP contribution is -2.24. The van der Waals surface area contributed by atoms with Crippen molar-refractivity contribution in [3.8, 4) is 11.3 Å². The number of nitrogens with two attached hydrogens (primary N) is 2. The normalized spacial score (nSPS) is 11.8. The average molecular weight is 572 g/mol. The summed E-state index contributed by atoms with van der Waals surface area (Å²) in [5.41, 5.74) is 5.00.